The van der Waals surface area contributed by atoms with Gasteiger partial charge in [-0.1, -0.05) is 6.07 Å². The number of benzene rings is 1. The van der Waals surface area contributed by atoms with E-state index < -0.39 is 0 Å². The number of carbonyl (C=O) groups is 1. The Kier molecular flexibility index (Phi) is 2.59. The van der Waals surface area contributed by atoms with Crippen LogP contribution in [0.1, 0.15) is 36.6 Å². The molecule has 1 saturated carbocycles. The zero-order valence-corrected chi connectivity index (χ0v) is 11.7. The van der Waals surface area contributed by atoms with Crippen LogP contribution >= 0.6 is 0 Å². The van der Waals surface area contributed by atoms with Crippen LogP contribution in [-0.4, -0.2) is 33.9 Å². The Hall–Kier alpha value is -1.84. The van der Waals surface area contributed by atoms with Crippen LogP contribution in [0.15, 0.2) is 18.2 Å². The molecule has 1 N–H and O–H groups in total. The summed E-state index contributed by atoms with van der Waals surface area (Å²) in [4.78, 5) is 22.3. The number of hydrogen-bond donors (Lipinski definition) is 1. The molecule has 2 fully saturated rings. The lowest BCUT2D eigenvalue weighted by Crippen LogP contribution is -2.29. The van der Waals surface area contributed by atoms with Gasteiger partial charge in [0.15, 0.2) is 0 Å². The zero-order chi connectivity index (χ0) is 13.7. The number of carbonyl (C=O) groups excluding carboxylic acids is 1. The Labute approximate surface area is 118 Å². The monoisotopic (exact) mass is 269 g/mol. The first-order chi connectivity index (χ1) is 9.70. The molecule has 1 amide bonds. The summed E-state index contributed by atoms with van der Waals surface area (Å²) in [5.74, 6) is 2.09. The highest BCUT2D eigenvalue weighted by Crippen LogP contribution is 2.34. The smallest absolute Gasteiger partial charge is 0.225 e. The fourth-order valence-electron chi connectivity index (χ4n) is 3.11. The number of aromatic nitrogens is 2. The number of aryl methyl sites for hydroxylation is 1. The zero-order valence-electron chi connectivity index (χ0n) is 11.7. The predicted molar refractivity (Wildman–Crippen MR) is 77.5 cm³/mol. The van der Waals surface area contributed by atoms with Gasteiger partial charge < -0.3 is 9.88 Å². The molecule has 0 spiro atoms. The highest BCUT2D eigenvalue weighted by atomic mass is 16.2. The molecule has 0 bridgehead atoms. The number of nitrogens with zero attached hydrogens (tertiary/aromatic N) is 2. The van der Waals surface area contributed by atoms with Gasteiger partial charge in [-0.25, -0.2) is 4.98 Å². The van der Waals surface area contributed by atoms with Crippen LogP contribution in [0.5, 0.6) is 0 Å². The number of H-pyrrole nitrogens is 1. The van der Waals surface area contributed by atoms with E-state index >= 15 is 0 Å². The first kappa shape index (κ1) is 11.9. The molecule has 1 unspecified atom stereocenters. The number of hydrogen-bond acceptors (Lipinski definition) is 2. The van der Waals surface area contributed by atoms with Crippen molar-refractivity contribution in [3.63, 3.8) is 0 Å². The molecule has 104 valence electrons. The highest BCUT2D eigenvalue weighted by molar-refractivity contribution is 5.81. The van der Waals surface area contributed by atoms with Gasteiger partial charge in [-0.3, -0.25) is 4.79 Å². The summed E-state index contributed by atoms with van der Waals surface area (Å²) in [7, 11) is 0. The van der Waals surface area contributed by atoms with Crippen LogP contribution in [-0.2, 0) is 4.79 Å². The van der Waals surface area contributed by atoms with Gasteiger partial charge >= 0.3 is 0 Å². The van der Waals surface area contributed by atoms with Gasteiger partial charge in [0, 0.05) is 24.9 Å². The first-order valence-electron chi connectivity index (χ1n) is 7.46. The van der Waals surface area contributed by atoms with Crippen LogP contribution in [0.3, 0.4) is 0 Å². The molecule has 1 aliphatic carbocycles. The van der Waals surface area contributed by atoms with E-state index in [1.807, 2.05) is 4.90 Å². The third-order valence-corrected chi connectivity index (χ3v) is 4.47. The number of aromatic amines is 1. The summed E-state index contributed by atoms with van der Waals surface area (Å²) >= 11 is 0. The highest BCUT2D eigenvalue weighted by Gasteiger charge is 2.37. The minimum absolute atomic E-state index is 0.326. The van der Waals surface area contributed by atoms with Gasteiger partial charge in [0.1, 0.15) is 5.82 Å². The average Bonchev–Trinajstić information content (AvgIpc) is 3.01. The number of rotatable bonds is 2. The van der Waals surface area contributed by atoms with Crippen LogP contribution in [0.25, 0.3) is 11.0 Å². The summed E-state index contributed by atoms with van der Waals surface area (Å²) in [5, 5.41) is 0. The van der Waals surface area contributed by atoms with E-state index in [-0.39, 0.29) is 0 Å². The number of nitrogens with one attached hydrogen (secondary N) is 1. The van der Waals surface area contributed by atoms with Gasteiger partial charge in [-0.2, -0.15) is 0 Å². The van der Waals surface area contributed by atoms with Crippen LogP contribution in [0.4, 0.5) is 0 Å². The third-order valence-electron chi connectivity index (χ3n) is 4.47. The maximum absolute atomic E-state index is 12.1. The molecule has 20 heavy (non-hydrogen) atoms. The van der Waals surface area contributed by atoms with Gasteiger partial charge in [0.25, 0.3) is 0 Å². The number of likely N-dealkylation sites (tertiary alicyclic amines) is 1. The molecular formula is C16H19N3O. The van der Waals surface area contributed by atoms with Crippen molar-refractivity contribution < 1.29 is 4.79 Å². The molecule has 1 aromatic carbocycles. The average molecular weight is 269 g/mol. The van der Waals surface area contributed by atoms with Gasteiger partial charge in [0.2, 0.25) is 5.91 Å². The van der Waals surface area contributed by atoms with Crippen molar-refractivity contribution >= 4 is 16.9 Å². The fourth-order valence-corrected chi connectivity index (χ4v) is 3.11. The van der Waals surface area contributed by atoms with E-state index in [1.165, 1.54) is 5.56 Å². The fraction of sp³-hybridized carbons (Fsp3) is 0.500. The Morgan fingerprint density at radius 3 is 3.00 bits per heavy atom. The van der Waals surface area contributed by atoms with Crippen molar-refractivity contribution in [2.75, 3.05) is 13.1 Å². The van der Waals surface area contributed by atoms with Gasteiger partial charge in [-0.15, -0.1) is 0 Å². The maximum Gasteiger partial charge on any atom is 0.225 e. The van der Waals surface area contributed by atoms with E-state index in [0.29, 0.717) is 17.7 Å². The second kappa shape index (κ2) is 4.33. The summed E-state index contributed by atoms with van der Waals surface area (Å²) in [5.41, 5.74) is 3.37. The topological polar surface area (TPSA) is 49.0 Å². The Balaban J connectivity index is 1.56. The van der Waals surface area contributed by atoms with Crippen molar-refractivity contribution in [1.82, 2.24) is 14.9 Å². The molecule has 1 aliphatic heterocycles. The largest absolute Gasteiger partial charge is 0.342 e. The Morgan fingerprint density at radius 2 is 2.20 bits per heavy atom. The predicted octanol–water partition coefficient (Wildman–Crippen LogP) is 2.60. The van der Waals surface area contributed by atoms with Crippen molar-refractivity contribution in [1.29, 1.82) is 0 Å². The van der Waals surface area contributed by atoms with Gasteiger partial charge in [0.05, 0.1) is 11.0 Å². The molecule has 4 nitrogen and oxygen atoms in total. The maximum atomic E-state index is 12.1. The van der Waals surface area contributed by atoms with E-state index in [9.17, 15) is 4.79 Å². The van der Waals surface area contributed by atoms with E-state index in [1.54, 1.807) is 0 Å². The number of fused-ring (bicyclic) bond motifs is 1. The Bertz CT molecular complexity index is 671. The molecule has 2 aliphatic rings. The number of imidazole rings is 1. The first-order valence-corrected chi connectivity index (χ1v) is 7.46. The van der Waals surface area contributed by atoms with E-state index in [4.69, 9.17) is 4.98 Å². The van der Waals surface area contributed by atoms with Crippen LogP contribution in [0.2, 0.25) is 0 Å². The second-order valence-corrected chi connectivity index (χ2v) is 6.19. The summed E-state index contributed by atoms with van der Waals surface area (Å²) < 4.78 is 0. The Morgan fingerprint density at radius 1 is 1.35 bits per heavy atom. The summed E-state index contributed by atoms with van der Waals surface area (Å²) in [6.07, 6.45) is 3.20. The van der Waals surface area contributed by atoms with Crippen molar-refractivity contribution in [3.8, 4) is 0 Å². The second-order valence-electron chi connectivity index (χ2n) is 6.19. The van der Waals surface area contributed by atoms with Crippen molar-refractivity contribution in [2.24, 2.45) is 5.92 Å². The molecular weight excluding hydrogens is 250 g/mol. The van der Waals surface area contributed by atoms with E-state index in [2.05, 4.69) is 30.1 Å². The molecule has 1 aromatic heterocycles. The lowest BCUT2D eigenvalue weighted by atomic mass is 10.1. The molecule has 1 atom stereocenters. The minimum Gasteiger partial charge on any atom is -0.342 e. The summed E-state index contributed by atoms with van der Waals surface area (Å²) in [6.45, 7) is 3.80. The van der Waals surface area contributed by atoms with Crippen LogP contribution in [0, 0.1) is 12.8 Å². The van der Waals surface area contributed by atoms with Gasteiger partial charge in [-0.05, 0) is 43.9 Å². The normalized spacial score (nSPS) is 22.6. The molecule has 4 rings (SSSR count). The SMILES string of the molecule is Cc1ccc2nc(C3CCN(C(=O)C4CC4)C3)[nH]c2c1. The summed E-state index contributed by atoms with van der Waals surface area (Å²) in [6, 6.07) is 6.28. The standard InChI is InChI=1S/C16H19N3O/c1-10-2-5-13-14(8-10)18-15(17-13)12-6-7-19(9-12)16(20)11-3-4-11/h2,5,8,11-12H,3-4,6-7,9H2,1H3,(H,17,18). The van der Waals surface area contributed by atoms with Crippen LogP contribution < -0.4 is 0 Å². The lowest BCUT2D eigenvalue weighted by molar-refractivity contribution is -0.131. The molecule has 2 heterocycles. The van der Waals surface area contributed by atoms with Crippen molar-refractivity contribution in [2.45, 2.75) is 32.1 Å². The minimum atomic E-state index is 0.326. The molecule has 4 heteroatoms. The van der Waals surface area contributed by atoms with E-state index in [0.717, 1.165) is 49.2 Å². The van der Waals surface area contributed by atoms with Crippen molar-refractivity contribution in [3.05, 3.63) is 29.6 Å². The quantitative estimate of drug-likeness (QED) is 0.911. The third kappa shape index (κ3) is 1.99. The molecule has 0 radical (unpaired) electrons. The lowest BCUT2D eigenvalue weighted by Gasteiger charge is -2.15. The molecule has 1 saturated heterocycles. The molecule has 2 aromatic rings. The number of amides is 1.